The number of hydrogen-bond donors (Lipinski definition) is 1. The maximum absolute atomic E-state index is 11.3. The van der Waals surface area contributed by atoms with Gasteiger partial charge in [0.15, 0.2) is 0 Å². The first-order valence-electron chi connectivity index (χ1n) is 5.32. The largest absolute Gasteiger partial charge is 0.480 e. The third-order valence-corrected chi connectivity index (χ3v) is 3.35. The van der Waals surface area contributed by atoms with Crippen LogP contribution in [0.5, 0.6) is 0 Å². The maximum atomic E-state index is 11.3. The molecule has 0 amide bonds. The van der Waals surface area contributed by atoms with Crippen LogP contribution in [0.2, 0.25) is 0 Å². The fourth-order valence-corrected chi connectivity index (χ4v) is 2.43. The highest BCUT2D eigenvalue weighted by Crippen LogP contribution is 2.43. The van der Waals surface area contributed by atoms with Crippen LogP contribution in [0.1, 0.15) is 38.5 Å². The molecule has 0 aromatic rings. The van der Waals surface area contributed by atoms with Gasteiger partial charge in [-0.1, -0.05) is 18.8 Å². The molecular formula is C13H16O2. The topological polar surface area (TPSA) is 37.3 Å². The summed E-state index contributed by atoms with van der Waals surface area (Å²) in [6.07, 6.45) is 15.4. The molecule has 0 spiro atoms. The standard InChI is InChI=1S/C13H16O2/c1-3-5-8-11-9-6-7-10-13(11,4-2)12(14)15/h1-2,11H,5-10H2,(H,14,15)/t11-,13-/m0/s1. The Hall–Kier alpha value is -1.41. The summed E-state index contributed by atoms with van der Waals surface area (Å²) >= 11 is 0. The molecule has 1 saturated carbocycles. The van der Waals surface area contributed by atoms with Crippen LogP contribution in [-0.2, 0) is 4.79 Å². The van der Waals surface area contributed by atoms with E-state index in [1.54, 1.807) is 0 Å². The van der Waals surface area contributed by atoms with E-state index < -0.39 is 11.4 Å². The summed E-state index contributed by atoms with van der Waals surface area (Å²) in [4.78, 5) is 11.3. The number of aliphatic carboxylic acids is 1. The average molecular weight is 204 g/mol. The molecular weight excluding hydrogens is 188 g/mol. The second kappa shape index (κ2) is 4.89. The van der Waals surface area contributed by atoms with Gasteiger partial charge in [0.1, 0.15) is 5.41 Å². The summed E-state index contributed by atoms with van der Waals surface area (Å²) in [6.45, 7) is 0. The Kier molecular flexibility index (Phi) is 3.81. The van der Waals surface area contributed by atoms with Crippen LogP contribution in [-0.4, -0.2) is 11.1 Å². The Morgan fingerprint density at radius 2 is 2.20 bits per heavy atom. The maximum Gasteiger partial charge on any atom is 0.322 e. The summed E-state index contributed by atoms with van der Waals surface area (Å²) in [5.41, 5.74) is -0.963. The highest BCUT2D eigenvalue weighted by atomic mass is 16.4. The van der Waals surface area contributed by atoms with Crippen LogP contribution >= 0.6 is 0 Å². The highest BCUT2D eigenvalue weighted by Gasteiger charge is 2.45. The zero-order valence-electron chi connectivity index (χ0n) is 8.83. The minimum Gasteiger partial charge on any atom is -0.480 e. The van der Waals surface area contributed by atoms with Gasteiger partial charge in [-0.2, -0.15) is 0 Å². The van der Waals surface area contributed by atoms with Crippen molar-refractivity contribution < 1.29 is 9.90 Å². The van der Waals surface area contributed by atoms with Gasteiger partial charge in [0.05, 0.1) is 0 Å². The Bertz CT molecular complexity index is 318. The van der Waals surface area contributed by atoms with Gasteiger partial charge in [-0.25, -0.2) is 0 Å². The predicted octanol–water partition coefficient (Wildman–Crippen LogP) is 2.29. The average Bonchev–Trinajstić information content (AvgIpc) is 2.26. The second-order valence-electron chi connectivity index (χ2n) is 4.11. The molecule has 2 atom stereocenters. The molecule has 1 rings (SSSR count). The van der Waals surface area contributed by atoms with Crippen LogP contribution in [0.15, 0.2) is 0 Å². The van der Waals surface area contributed by atoms with Gasteiger partial charge < -0.3 is 5.11 Å². The molecule has 0 bridgehead atoms. The molecule has 1 fully saturated rings. The lowest BCUT2D eigenvalue weighted by molar-refractivity contribution is -0.150. The van der Waals surface area contributed by atoms with E-state index in [9.17, 15) is 9.90 Å². The van der Waals surface area contributed by atoms with E-state index in [0.717, 1.165) is 25.7 Å². The molecule has 1 N–H and O–H groups in total. The van der Waals surface area contributed by atoms with Crippen LogP contribution in [0.25, 0.3) is 0 Å². The van der Waals surface area contributed by atoms with Gasteiger partial charge in [0.25, 0.3) is 0 Å². The van der Waals surface area contributed by atoms with E-state index in [4.69, 9.17) is 12.8 Å². The summed E-state index contributed by atoms with van der Waals surface area (Å²) in [7, 11) is 0. The third-order valence-electron chi connectivity index (χ3n) is 3.35. The molecule has 0 aliphatic heterocycles. The van der Waals surface area contributed by atoms with Crippen molar-refractivity contribution in [1.29, 1.82) is 0 Å². The molecule has 0 aromatic carbocycles. The first-order valence-corrected chi connectivity index (χ1v) is 5.32. The number of hydrogen-bond acceptors (Lipinski definition) is 1. The summed E-state index contributed by atoms with van der Waals surface area (Å²) < 4.78 is 0. The zero-order valence-corrected chi connectivity index (χ0v) is 8.83. The van der Waals surface area contributed by atoms with E-state index in [1.165, 1.54) is 0 Å². The molecule has 80 valence electrons. The van der Waals surface area contributed by atoms with Crippen LogP contribution in [0.3, 0.4) is 0 Å². The molecule has 2 nitrogen and oxygen atoms in total. The number of carboxylic acids is 1. The van der Waals surface area contributed by atoms with Crippen molar-refractivity contribution in [3.05, 3.63) is 0 Å². The second-order valence-corrected chi connectivity index (χ2v) is 4.11. The van der Waals surface area contributed by atoms with E-state index in [-0.39, 0.29) is 5.92 Å². The molecule has 1 aliphatic carbocycles. The molecule has 0 heterocycles. The Morgan fingerprint density at radius 1 is 1.47 bits per heavy atom. The Morgan fingerprint density at radius 3 is 2.73 bits per heavy atom. The van der Waals surface area contributed by atoms with Gasteiger partial charge >= 0.3 is 5.97 Å². The SMILES string of the molecule is C#CCC[C@H]1CCCC[C@]1(C#C)C(=O)O. The highest BCUT2D eigenvalue weighted by molar-refractivity contribution is 5.79. The first kappa shape index (κ1) is 11.7. The normalized spacial score (nSPS) is 30.1. The van der Waals surface area contributed by atoms with E-state index >= 15 is 0 Å². The first-order chi connectivity index (χ1) is 7.17. The molecule has 0 unspecified atom stereocenters. The van der Waals surface area contributed by atoms with Crippen molar-refractivity contribution in [3.63, 3.8) is 0 Å². The van der Waals surface area contributed by atoms with E-state index in [1.807, 2.05) is 0 Å². The lowest BCUT2D eigenvalue weighted by Gasteiger charge is -2.36. The summed E-state index contributed by atoms with van der Waals surface area (Å²) in [6, 6.07) is 0. The van der Waals surface area contributed by atoms with Gasteiger partial charge in [-0.05, 0) is 25.2 Å². The van der Waals surface area contributed by atoms with Gasteiger partial charge in [-0.3, -0.25) is 4.79 Å². The van der Waals surface area contributed by atoms with Gasteiger partial charge in [0.2, 0.25) is 0 Å². The van der Waals surface area contributed by atoms with Gasteiger partial charge in [-0.15, -0.1) is 18.8 Å². The van der Waals surface area contributed by atoms with Crippen LogP contribution < -0.4 is 0 Å². The van der Waals surface area contributed by atoms with E-state index in [0.29, 0.717) is 12.8 Å². The lowest BCUT2D eigenvalue weighted by Crippen LogP contribution is -2.39. The molecule has 0 saturated heterocycles. The van der Waals surface area contributed by atoms with Crippen LogP contribution in [0.4, 0.5) is 0 Å². The van der Waals surface area contributed by atoms with Crippen molar-refractivity contribution in [2.75, 3.05) is 0 Å². The smallest absolute Gasteiger partial charge is 0.322 e. The fraction of sp³-hybridized carbons (Fsp3) is 0.615. The van der Waals surface area contributed by atoms with Crippen molar-refractivity contribution >= 4 is 5.97 Å². The predicted molar refractivity (Wildman–Crippen MR) is 58.9 cm³/mol. The third kappa shape index (κ3) is 2.16. The number of terminal acetylenes is 2. The molecule has 0 aromatic heterocycles. The zero-order chi connectivity index (χ0) is 11.3. The molecule has 2 heteroatoms. The molecule has 0 radical (unpaired) electrons. The lowest BCUT2D eigenvalue weighted by atomic mass is 9.65. The Labute approximate surface area is 91.1 Å². The monoisotopic (exact) mass is 204 g/mol. The fourth-order valence-electron chi connectivity index (χ4n) is 2.43. The quantitative estimate of drug-likeness (QED) is 0.716. The van der Waals surface area contributed by atoms with Gasteiger partial charge in [0, 0.05) is 6.42 Å². The van der Waals surface area contributed by atoms with Crippen molar-refractivity contribution in [2.45, 2.75) is 38.5 Å². The van der Waals surface area contributed by atoms with E-state index in [2.05, 4.69) is 11.8 Å². The van der Waals surface area contributed by atoms with Crippen molar-refractivity contribution in [3.8, 4) is 24.7 Å². The van der Waals surface area contributed by atoms with Crippen molar-refractivity contribution in [2.24, 2.45) is 11.3 Å². The number of carbonyl (C=O) groups is 1. The molecule has 15 heavy (non-hydrogen) atoms. The van der Waals surface area contributed by atoms with Crippen molar-refractivity contribution in [1.82, 2.24) is 0 Å². The summed E-state index contributed by atoms with van der Waals surface area (Å²) in [5.74, 6) is 4.25. The Balaban J connectivity index is 2.85. The number of carboxylic acid groups (broad SMARTS) is 1. The number of rotatable bonds is 3. The summed E-state index contributed by atoms with van der Waals surface area (Å²) in [5, 5.41) is 9.26. The van der Waals surface area contributed by atoms with Crippen LogP contribution in [0, 0.1) is 36.0 Å². The minimum absolute atomic E-state index is 0.0461. The molecule has 1 aliphatic rings. The minimum atomic E-state index is -0.963.